The zero-order chi connectivity index (χ0) is 11.5. The second-order valence-electron chi connectivity index (χ2n) is 4.72. The number of esters is 1. The maximum atomic E-state index is 11.2. The third-order valence-electron chi connectivity index (χ3n) is 3.07. The number of methoxy groups -OCH3 is 1. The molecule has 0 aromatic rings. The maximum Gasteiger partial charge on any atom is 0.309 e. The Kier molecular flexibility index (Phi) is 4.11. The molecule has 0 aromatic carbocycles. The molecule has 88 valence electrons. The molecule has 1 unspecified atom stereocenters. The van der Waals surface area contributed by atoms with Gasteiger partial charge in [0.2, 0.25) is 0 Å². The van der Waals surface area contributed by atoms with Crippen molar-refractivity contribution >= 4 is 5.97 Å². The lowest BCUT2D eigenvalue weighted by molar-refractivity contribution is -0.145. The minimum atomic E-state index is -0.523. The first-order valence-corrected chi connectivity index (χ1v) is 5.47. The van der Waals surface area contributed by atoms with Crippen LogP contribution in [0.4, 0.5) is 0 Å². The van der Waals surface area contributed by atoms with Gasteiger partial charge in [0.25, 0.3) is 0 Å². The van der Waals surface area contributed by atoms with Crippen molar-refractivity contribution in [1.29, 1.82) is 0 Å². The van der Waals surface area contributed by atoms with Crippen molar-refractivity contribution in [2.75, 3.05) is 26.7 Å². The summed E-state index contributed by atoms with van der Waals surface area (Å²) in [4.78, 5) is 13.4. The third kappa shape index (κ3) is 3.80. The van der Waals surface area contributed by atoms with Crippen LogP contribution in [0.2, 0.25) is 0 Å². The third-order valence-corrected chi connectivity index (χ3v) is 3.07. The van der Waals surface area contributed by atoms with Crippen LogP contribution in [-0.4, -0.2) is 48.3 Å². The van der Waals surface area contributed by atoms with Crippen LogP contribution < -0.4 is 0 Å². The average Bonchev–Trinajstić information content (AvgIpc) is 2.20. The summed E-state index contributed by atoms with van der Waals surface area (Å²) >= 11 is 0. The zero-order valence-corrected chi connectivity index (χ0v) is 9.82. The fourth-order valence-electron chi connectivity index (χ4n) is 1.88. The van der Waals surface area contributed by atoms with Crippen molar-refractivity contribution < 1.29 is 14.6 Å². The van der Waals surface area contributed by atoms with Crippen LogP contribution >= 0.6 is 0 Å². The highest BCUT2D eigenvalue weighted by Crippen LogP contribution is 2.21. The van der Waals surface area contributed by atoms with Gasteiger partial charge in [-0.05, 0) is 19.8 Å². The van der Waals surface area contributed by atoms with Crippen molar-refractivity contribution in [3.05, 3.63) is 0 Å². The molecule has 1 aliphatic heterocycles. The van der Waals surface area contributed by atoms with Crippen LogP contribution in [0, 0.1) is 5.92 Å². The van der Waals surface area contributed by atoms with Gasteiger partial charge in [-0.25, -0.2) is 0 Å². The SMILES string of the molecule is COC(=O)C(C)CN1CCC(C)(O)CC1. The Morgan fingerprint density at radius 3 is 2.53 bits per heavy atom. The lowest BCUT2D eigenvalue weighted by Crippen LogP contribution is -2.44. The maximum absolute atomic E-state index is 11.2. The molecule has 1 heterocycles. The summed E-state index contributed by atoms with van der Waals surface area (Å²) in [5.41, 5.74) is -0.523. The van der Waals surface area contributed by atoms with Crippen molar-refractivity contribution in [2.24, 2.45) is 5.92 Å². The fraction of sp³-hybridized carbons (Fsp3) is 0.909. The van der Waals surface area contributed by atoms with Crippen LogP contribution in [0.15, 0.2) is 0 Å². The van der Waals surface area contributed by atoms with Gasteiger partial charge in [0, 0.05) is 19.6 Å². The molecular formula is C11H21NO3. The topological polar surface area (TPSA) is 49.8 Å². The van der Waals surface area contributed by atoms with Crippen LogP contribution in [0.5, 0.6) is 0 Å². The standard InChI is InChI=1S/C11H21NO3/c1-9(10(13)15-3)8-12-6-4-11(2,14)5-7-12/h9,14H,4-8H2,1-3H3. The summed E-state index contributed by atoms with van der Waals surface area (Å²) in [7, 11) is 1.42. The van der Waals surface area contributed by atoms with Crippen molar-refractivity contribution in [2.45, 2.75) is 32.3 Å². The molecule has 0 aromatic heterocycles. The van der Waals surface area contributed by atoms with Gasteiger partial charge in [0.15, 0.2) is 0 Å². The molecule has 4 heteroatoms. The quantitative estimate of drug-likeness (QED) is 0.702. The van der Waals surface area contributed by atoms with E-state index in [1.807, 2.05) is 13.8 Å². The number of hydrogen-bond donors (Lipinski definition) is 1. The van der Waals surface area contributed by atoms with E-state index in [0.717, 1.165) is 32.5 Å². The number of nitrogens with zero attached hydrogens (tertiary/aromatic N) is 1. The van der Waals surface area contributed by atoms with Gasteiger partial charge < -0.3 is 14.7 Å². The molecule has 4 nitrogen and oxygen atoms in total. The first kappa shape index (κ1) is 12.5. The highest BCUT2D eigenvalue weighted by Gasteiger charge is 2.28. The summed E-state index contributed by atoms with van der Waals surface area (Å²) in [6.45, 7) is 6.18. The van der Waals surface area contributed by atoms with Gasteiger partial charge in [-0.3, -0.25) is 4.79 Å². The monoisotopic (exact) mass is 215 g/mol. The number of carbonyl (C=O) groups excluding carboxylic acids is 1. The molecule has 1 rings (SSSR count). The molecule has 0 radical (unpaired) electrons. The number of likely N-dealkylation sites (tertiary alicyclic amines) is 1. The van der Waals surface area contributed by atoms with E-state index in [4.69, 9.17) is 0 Å². The fourth-order valence-corrected chi connectivity index (χ4v) is 1.88. The molecular weight excluding hydrogens is 194 g/mol. The van der Waals surface area contributed by atoms with Gasteiger partial charge in [0.1, 0.15) is 0 Å². The van der Waals surface area contributed by atoms with E-state index >= 15 is 0 Å². The summed E-state index contributed by atoms with van der Waals surface area (Å²) < 4.78 is 4.68. The Morgan fingerprint density at radius 2 is 2.07 bits per heavy atom. The second-order valence-corrected chi connectivity index (χ2v) is 4.72. The van der Waals surface area contributed by atoms with E-state index in [1.165, 1.54) is 7.11 Å². The number of aliphatic hydroxyl groups is 1. The first-order valence-electron chi connectivity index (χ1n) is 5.47. The predicted octanol–water partition coefficient (Wildman–Crippen LogP) is 0.642. The van der Waals surface area contributed by atoms with Gasteiger partial charge in [0.05, 0.1) is 18.6 Å². The Morgan fingerprint density at radius 1 is 1.53 bits per heavy atom. The lowest BCUT2D eigenvalue weighted by atomic mass is 9.93. The highest BCUT2D eigenvalue weighted by molar-refractivity contribution is 5.72. The van der Waals surface area contributed by atoms with Gasteiger partial charge in [-0.1, -0.05) is 6.92 Å². The number of piperidine rings is 1. The molecule has 1 N–H and O–H groups in total. The Hall–Kier alpha value is -0.610. The molecule has 1 atom stereocenters. The largest absolute Gasteiger partial charge is 0.469 e. The number of ether oxygens (including phenoxy) is 1. The molecule has 15 heavy (non-hydrogen) atoms. The van der Waals surface area contributed by atoms with Crippen molar-refractivity contribution in [1.82, 2.24) is 4.90 Å². The van der Waals surface area contributed by atoms with Crippen molar-refractivity contribution in [3.8, 4) is 0 Å². The van der Waals surface area contributed by atoms with Gasteiger partial charge in [-0.15, -0.1) is 0 Å². The van der Waals surface area contributed by atoms with E-state index in [9.17, 15) is 9.90 Å². The van der Waals surface area contributed by atoms with E-state index < -0.39 is 5.60 Å². The first-order chi connectivity index (χ1) is 6.94. The molecule has 1 saturated heterocycles. The van der Waals surface area contributed by atoms with Crippen LogP contribution in [-0.2, 0) is 9.53 Å². The summed E-state index contributed by atoms with van der Waals surface area (Å²) in [5.74, 6) is -0.245. The Balaban J connectivity index is 2.32. The molecule has 0 spiro atoms. The minimum absolute atomic E-state index is 0.0851. The number of carbonyl (C=O) groups is 1. The number of hydrogen-bond acceptors (Lipinski definition) is 4. The van der Waals surface area contributed by atoms with Gasteiger partial charge >= 0.3 is 5.97 Å². The van der Waals surface area contributed by atoms with Crippen LogP contribution in [0.25, 0.3) is 0 Å². The molecule has 0 aliphatic carbocycles. The van der Waals surface area contributed by atoms with Crippen LogP contribution in [0.1, 0.15) is 26.7 Å². The molecule has 0 bridgehead atoms. The zero-order valence-electron chi connectivity index (χ0n) is 9.82. The summed E-state index contributed by atoms with van der Waals surface area (Å²) in [6.07, 6.45) is 1.56. The smallest absolute Gasteiger partial charge is 0.309 e. The molecule has 1 fully saturated rings. The van der Waals surface area contributed by atoms with E-state index in [1.54, 1.807) is 0 Å². The summed E-state index contributed by atoms with van der Waals surface area (Å²) in [6, 6.07) is 0. The average molecular weight is 215 g/mol. The Labute approximate surface area is 91.2 Å². The Bertz CT molecular complexity index is 218. The normalized spacial score (nSPS) is 23.5. The van der Waals surface area contributed by atoms with E-state index in [2.05, 4.69) is 9.64 Å². The summed E-state index contributed by atoms with van der Waals surface area (Å²) in [5, 5.41) is 9.76. The molecule has 0 amide bonds. The predicted molar refractivity (Wildman–Crippen MR) is 57.5 cm³/mol. The van der Waals surface area contributed by atoms with Crippen molar-refractivity contribution in [3.63, 3.8) is 0 Å². The molecule has 1 aliphatic rings. The van der Waals surface area contributed by atoms with E-state index in [0.29, 0.717) is 0 Å². The number of rotatable bonds is 3. The minimum Gasteiger partial charge on any atom is -0.469 e. The second kappa shape index (κ2) is 4.94. The molecule has 0 saturated carbocycles. The van der Waals surface area contributed by atoms with Crippen LogP contribution in [0.3, 0.4) is 0 Å². The van der Waals surface area contributed by atoms with Gasteiger partial charge in [-0.2, -0.15) is 0 Å². The highest BCUT2D eigenvalue weighted by atomic mass is 16.5. The lowest BCUT2D eigenvalue weighted by Gasteiger charge is -2.36. The van der Waals surface area contributed by atoms with E-state index in [-0.39, 0.29) is 11.9 Å².